The molecule has 2 saturated heterocycles. The maximum atomic E-state index is 3.44. The van der Waals surface area contributed by atoms with E-state index in [4.69, 9.17) is 0 Å². The van der Waals surface area contributed by atoms with Gasteiger partial charge >= 0.3 is 0 Å². The minimum absolute atomic E-state index is 0.323. The van der Waals surface area contributed by atoms with Crippen molar-refractivity contribution < 1.29 is 0 Å². The smallest absolute Gasteiger partial charge is 0.0281 e. The van der Waals surface area contributed by atoms with E-state index in [2.05, 4.69) is 47.6 Å². The zero-order valence-electron chi connectivity index (χ0n) is 11.5. The first-order chi connectivity index (χ1) is 8.08. The van der Waals surface area contributed by atoms with Crippen LogP contribution >= 0.6 is 11.8 Å². The highest BCUT2D eigenvalue weighted by Gasteiger charge is 2.31. The molecule has 2 aliphatic heterocycles. The molecule has 1 N–H and O–H groups in total. The van der Waals surface area contributed by atoms with Crippen molar-refractivity contribution in [2.45, 2.75) is 31.6 Å². The first-order valence-corrected chi connectivity index (χ1v) is 7.92. The first kappa shape index (κ1) is 13.7. The molecule has 17 heavy (non-hydrogen) atoms. The summed E-state index contributed by atoms with van der Waals surface area (Å²) in [6.07, 6.45) is 0. The molecule has 1 unspecified atom stereocenters. The molecule has 1 atom stereocenters. The van der Waals surface area contributed by atoms with Crippen molar-refractivity contribution >= 4 is 11.8 Å². The lowest BCUT2D eigenvalue weighted by Gasteiger charge is -2.45. The average molecular weight is 257 g/mol. The highest BCUT2D eigenvalue weighted by Crippen LogP contribution is 2.22. The van der Waals surface area contributed by atoms with Crippen LogP contribution in [0, 0.1) is 0 Å². The molecular weight excluding hydrogens is 230 g/mol. The van der Waals surface area contributed by atoms with Gasteiger partial charge in [0, 0.05) is 62.4 Å². The Bertz CT molecular complexity index is 239. The number of piperazine rings is 1. The summed E-state index contributed by atoms with van der Waals surface area (Å²) >= 11 is 2.12. The van der Waals surface area contributed by atoms with Crippen LogP contribution in [-0.4, -0.2) is 72.2 Å². The van der Waals surface area contributed by atoms with Crippen molar-refractivity contribution in [3.05, 3.63) is 0 Å². The van der Waals surface area contributed by atoms with E-state index >= 15 is 0 Å². The Hall–Kier alpha value is 0.230. The summed E-state index contributed by atoms with van der Waals surface area (Å²) in [6, 6.07) is 0. The molecule has 2 rings (SSSR count). The molecule has 100 valence electrons. The van der Waals surface area contributed by atoms with Gasteiger partial charge in [0.25, 0.3) is 0 Å². The lowest BCUT2D eigenvalue weighted by Crippen LogP contribution is -2.58. The van der Waals surface area contributed by atoms with Gasteiger partial charge in [0.05, 0.1) is 0 Å². The van der Waals surface area contributed by atoms with Gasteiger partial charge in [-0.1, -0.05) is 6.92 Å². The van der Waals surface area contributed by atoms with Crippen LogP contribution in [-0.2, 0) is 0 Å². The summed E-state index contributed by atoms with van der Waals surface area (Å²) in [4.78, 5) is 5.30. The number of hydrogen-bond donors (Lipinski definition) is 1. The van der Waals surface area contributed by atoms with Crippen LogP contribution in [0.15, 0.2) is 0 Å². The third-order valence-corrected chi connectivity index (χ3v) is 5.05. The fourth-order valence-corrected chi connectivity index (χ4v) is 4.03. The third kappa shape index (κ3) is 3.85. The predicted octanol–water partition coefficient (Wildman–Crippen LogP) is 1.11. The van der Waals surface area contributed by atoms with Gasteiger partial charge in [0.1, 0.15) is 0 Å². The second-order valence-corrected chi connectivity index (χ2v) is 7.51. The van der Waals surface area contributed by atoms with Crippen LogP contribution in [0.1, 0.15) is 20.8 Å². The second kappa shape index (κ2) is 5.91. The Morgan fingerprint density at radius 1 is 1.24 bits per heavy atom. The van der Waals surface area contributed by atoms with E-state index in [-0.39, 0.29) is 0 Å². The molecule has 0 aromatic heterocycles. The second-order valence-electron chi connectivity index (χ2n) is 5.97. The van der Waals surface area contributed by atoms with E-state index in [1.54, 1.807) is 0 Å². The Kier molecular flexibility index (Phi) is 4.75. The van der Waals surface area contributed by atoms with E-state index in [9.17, 15) is 0 Å². The molecule has 0 aliphatic carbocycles. The Balaban J connectivity index is 1.86. The molecule has 0 aromatic rings. The van der Waals surface area contributed by atoms with Crippen LogP contribution in [0.4, 0.5) is 0 Å². The molecule has 4 heteroatoms. The van der Waals surface area contributed by atoms with Crippen LogP contribution < -0.4 is 5.32 Å². The van der Waals surface area contributed by atoms with Crippen molar-refractivity contribution in [1.29, 1.82) is 0 Å². The van der Waals surface area contributed by atoms with Gasteiger partial charge in [0.15, 0.2) is 0 Å². The monoisotopic (exact) mass is 257 g/mol. The summed E-state index contributed by atoms with van der Waals surface area (Å²) in [5, 5.41) is 4.25. The van der Waals surface area contributed by atoms with Crippen molar-refractivity contribution in [2.75, 3.05) is 51.6 Å². The molecular formula is C13H27N3S. The highest BCUT2D eigenvalue weighted by molar-refractivity contribution is 7.99. The van der Waals surface area contributed by atoms with Gasteiger partial charge in [0.2, 0.25) is 0 Å². The topological polar surface area (TPSA) is 18.5 Å². The number of hydrogen-bond acceptors (Lipinski definition) is 4. The Morgan fingerprint density at radius 2 is 1.94 bits per heavy atom. The minimum Gasteiger partial charge on any atom is -0.314 e. The van der Waals surface area contributed by atoms with Gasteiger partial charge in [-0.15, -0.1) is 0 Å². The van der Waals surface area contributed by atoms with E-state index in [0.29, 0.717) is 5.54 Å². The van der Waals surface area contributed by atoms with E-state index in [1.807, 2.05) is 0 Å². The summed E-state index contributed by atoms with van der Waals surface area (Å²) in [6.45, 7) is 15.6. The number of nitrogens with zero attached hydrogens (tertiary/aromatic N) is 2. The average Bonchev–Trinajstić information content (AvgIpc) is 2.29. The van der Waals surface area contributed by atoms with Crippen molar-refractivity contribution in [3.8, 4) is 0 Å². The number of nitrogens with one attached hydrogen (secondary N) is 1. The summed E-state index contributed by atoms with van der Waals surface area (Å²) in [5.41, 5.74) is 0.323. The SMILES string of the molecule is CC1CN(CC(C)(C)N2CCNCC2)CCS1. The van der Waals surface area contributed by atoms with Crippen LogP contribution in [0.25, 0.3) is 0 Å². The van der Waals surface area contributed by atoms with Crippen molar-refractivity contribution in [1.82, 2.24) is 15.1 Å². The quantitative estimate of drug-likeness (QED) is 0.816. The maximum Gasteiger partial charge on any atom is 0.0281 e. The molecule has 0 bridgehead atoms. The minimum atomic E-state index is 0.323. The van der Waals surface area contributed by atoms with Gasteiger partial charge in [-0.2, -0.15) is 11.8 Å². The molecule has 2 fully saturated rings. The largest absolute Gasteiger partial charge is 0.314 e. The summed E-state index contributed by atoms with van der Waals surface area (Å²) in [7, 11) is 0. The number of rotatable bonds is 3. The molecule has 2 aliphatic rings. The molecule has 0 radical (unpaired) electrons. The fourth-order valence-electron chi connectivity index (χ4n) is 2.95. The molecule has 0 saturated carbocycles. The van der Waals surface area contributed by atoms with Crippen LogP contribution in [0.5, 0.6) is 0 Å². The standard InChI is InChI=1S/C13H27N3S/c1-12-10-15(8-9-17-12)11-13(2,3)16-6-4-14-5-7-16/h12,14H,4-11H2,1-3H3. The molecule has 0 amide bonds. The Morgan fingerprint density at radius 3 is 2.59 bits per heavy atom. The van der Waals surface area contributed by atoms with Gasteiger partial charge < -0.3 is 5.32 Å². The van der Waals surface area contributed by atoms with E-state index in [1.165, 1.54) is 38.5 Å². The van der Waals surface area contributed by atoms with E-state index < -0.39 is 0 Å². The zero-order valence-corrected chi connectivity index (χ0v) is 12.4. The molecule has 0 aromatic carbocycles. The first-order valence-electron chi connectivity index (χ1n) is 6.88. The lowest BCUT2D eigenvalue weighted by molar-refractivity contribution is 0.0646. The Labute approximate surface area is 110 Å². The molecule has 3 nitrogen and oxygen atoms in total. The predicted molar refractivity (Wildman–Crippen MR) is 76.9 cm³/mol. The van der Waals surface area contributed by atoms with Gasteiger partial charge in [-0.25, -0.2) is 0 Å². The molecule has 2 heterocycles. The van der Waals surface area contributed by atoms with Crippen LogP contribution in [0.3, 0.4) is 0 Å². The zero-order chi connectivity index (χ0) is 12.3. The highest BCUT2D eigenvalue weighted by atomic mass is 32.2. The van der Waals surface area contributed by atoms with Crippen molar-refractivity contribution in [2.24, 2.45) is 0 Å². The normalized spacial score (nSPS) is 29.5. The number of thioether (sulfide) groups is 1. The van der Waals surface area contributed by atoms with Crippen LogP contribution in [0.2, 0.25) is 0 Å². The summed E-state index contributed by atoms with van der Waals surface area (Å²) < 4.78 is 0. The summed E-state index contributed by atoms with van der Waals surface area (Å²) in [5.74, 6) is 1.30. The van der Waals surface area contributed by atoms with E-state index in [0.717, 1.165) is 18.3 Å². The van der Waals surface area contributed by atoms with Gasteiger partial charge in [-0.05, 0) is 13.8 Å². The van der Waals surface area contributed by atoms with Gasteiger partial charge in [-0.3, -0.25) is 9.80 Å². The fraction of sp³-hybridized carbons (Fsp3) is 1.00. The lowest BCUT2D eigenvalue weighted by atomic mass is 10.0. The van der Waals surface area contributed by atoms with Crippen molar-refractivity contribution in [3.63, 3.8) is 0 Å². The third-order valence-electron chi connectivity index (χ3n) is 3.91. The maximum absolute atomic E-state index is 3.44. The molecule has 0 spiro atoms.